The van der Waals surface area contributed by atoms with Crippen molar-refractivity contribution in [3.63, 3.8) is 0 Å². The lowest BCUT2D eigenvalue weighted by Crippen LogP contribution is -2.09. The van der Waals surface area contributed by atoms with Gasteiger partial charge in [0.2, 0.25) is 0 Å². The molecule has 0 amide bonds. The first kappa shape index (κ1) is 15.3. The molecule has 0 spiro atoms. The molecule has 2 aromatic carbocycles. The molecule has 0 unspecified atom stereocenters. The van der Waals surface area contributed by atoms with Gasteiger partial charge in [0, 0.05) is 18.2 Å². The van der Waals surface area contributed by atoms with Gasteiger partial charge in [0.25, 0.3) is 5.78 Å². The summed E-state index contributed by atoms with van der Waals surface area (Å²) < 4.78 is 1.74. The number of aryl methyl sites for hydroxylation is 1. The van der Waals surface area contributed by atoms with Gasteiger partial charge in [-0.05, 0) is 18.4 Å². The largest absolute Gasteiger partial charge is 0.370 e. The Balaban J connectivity index is 1.51. The molecule has 0 saturated heterocycles. The van der Waals surface area contributed by atoms with Gasteiger partial charge in [0.1, 0.15) is 12.1 Å². The molecule has 0 atom stereocenters. The van der Waals surface area contributed by atoms with Crippen molar-refractivity contribution in [3.05, 3.63) is 78.6 Å². The van der Waals surface area contributed by atoms with Gasteiger partial charge >= 0.3 is 0 Å². The molecule has 2 heterocycles. The second-order valence-electron chi connectivity index (χ2n) is 5.88. The van der Waals surface area contributed by atoms with E-state index in [1.54, 1.807) is 4.52 Å². The van der Waals surface area contributed by atoms with Crippen molar-refractivity contribution in [2.24, 2.45) is 0 Å². The molecule has 0 aliphatic carbocycles. The van der Waals surface area contributed by atoms with Crippen LogP contribution in [0.25, 0.3) is 17.0 Å². The lowest BCUT2D eigenvalue weighted by molar-refractivity contribution is 0.843. The van der Waals surface area contributed by atoms with E-state index in [0.29, 0.717) is 5.78 Å². The molecule has 5 nitrogen and oxygen atoms in total. The predicted molar refractivity (Wildman–Crippen MR) is 99.5 cm³/mol. The summed E-state index contributed by atoms with van der Waals surface area (Å²) >= 11 is 0. The summed E-state index contributed by atoms with van der Waals surface area (Å²) in [4.78, 5) is 8.83. The highest BCUT2D eigenvalue weighted by molar-refractivity contribution is 5.65. The molecule has 1 N–H and O–H groups in total. The van der Waals surface area contributed by atoms with Crippen LogP contribution in [0.15, 0.2) is 73.1 Å². The normalized spacial score (nSPS) is 10.9. The second kappa shape index (κ2) is 7.13. The molecule has 4 aromatic rings. The molecule has 0 radical (unpaired) electrons. The van der Waals surface area contributed by atoms with Gasteiger partial charge in [0.15, 0.2) is 0 Å². The van der Waals surface area contributed by atoms with Crippen LogP contribution in [-0.4, -0.2) is 26.1 Å². The summed E-state index contributed by atoms with van der Waals surface area (Å²) in [5, 5.41) is 7.75. The third-order valence-electron chi connectivity index (χ3n) is 4.11. The number of hydrogen-bond donors (Lipinski definition) is 1. The highest BCUT2D eigenvalue weighted by Gasteiger charge is 2.08. The smallest absolute Gasteiger partial charge is 0.254 e. The maximum atomic E-state index is 4.59. The van der Waals surface area contributed by atoms with E-state index in [1.807, 2.05) is 42.5 Å². The summed E-state index contributed by atoms with van der Waals surface area (Å²) in [6.07, 6.45) is 3.63. The van der Waals surface area contributed by atoms with Crippen LogP contribution in [0.2, 0.25) is 0 Å². The Bertz CT molecular complexity index is 948. The Morgan fingerprint density at radius 1 is 0.920 bits per heavy atom. The Morgan fingerprint density at radius 2 is 1.68 bits per heavy atom. The number of nitrogens with one attached hydrogen (secondary N) is 1. The van der Waals surface area contributed by atoms with Gasteiger partial charge in [-0.1, -0.05) is 60.7 Å². The van der Waals surface area contributed by atoms with Crippen LogP contribution >= 0.6 is 0 Å². The fourth-order valence-corrected chi connectivity index (χ4v) is 2.85. The van der Waals surface area contributed by atoms with E-state index in [2.05, 4.69) is 44.6 Å². The molecular formula is C20H19N5. The molecule has 5 heteroatoms. The first-order valence-corrected chi connectivity index (χ1v) is 8.44. The van der Waals surface area contributed by atoms with E-state index in [1.165, 1.54) is 11.9 Å². The van der Waals surface area contributed by atoms with Gasteiger partial charge in [-0.3, -0.25) is 0 Å². The minimum atomic E-state index is 0.604. The lowest BCUT2D eigenvalue weighted by atomic mass is 10.1. The summed E-state index contributed by atoms with van der Waals surface area (Å²) in [5.74, 6) is 1.52. The monoisotopic (exact) mass is 329 g/mol. The summed E-state index contributed by atoms with van der Waals surface area (Å²) in [7, 11) is 0. The number of fused-ring (bicyclic) bond motifs is 1. The Morgan fingerprint density at radius 3 is 2.48 bits per heavy atom. The van der Waals surface area contributed by atoms with Crippen molar-refractivity contribution in [1.82, 2.24) is 19.6 Å². The van der Waals surface area contributed by atoms with Crippen molar-refractivity contribution in [2.75, 3.05) is 11.9 Å². The van der Waals surface area contributed by atoms with Gasteiger partial charge in [0.05, 0.1) is 5.69 Å². The average Bonchev–Trinajstić information content (AvgIpc) is 3.15. The third kappa shape index (κ3) is 3.50. The second-order valence-corrected chi connectivity index (χ2v) is 5.88. The van der Waals surface area contributed by atoms with Crippen molar-refractivity contribution in [2.45, 2.75) is 12.8 Å². The Hall–Kier alpha value is -3.21. The van der Waals surface area contributed by atoms with Crippen LogP contribution in [0.1, 0.15) is 12.0 Å². The van der Waals surface area contributed by atoms with E-state index < -0.39 is 0 Å². The van der Waals surface area contributed by atoms with Gasteiger partial charge in [-0.25, -0.2) is 4.98 Å². The van der Waals surface area contributed by atoms with Crippen LogP contribution in [0.3, 0.4) is 0 Å². The molecule has 0 fully saturated rings. The maximum absolute atomic E-state index is 4.59. The molecule has 0 aliphatic heterocycles. The van der Waals surface area contributed by atoms with Gasteiger partial charge in [-0.15, -0.1) is 0 Å². The molecule has 0 aliphatic rings. The van der Waals surface area contributed by atoms with Gasteiger partial charge < -0.3 is 5.32 Å². The minimum Gasteiger partial charge on any atom is -0.370 e. The third-order valence-corrected chi connectivity index (χ3v) is 4.11. The summed E-state index contributed by atoms with van der Waals surface area (Å²) in [6.45, 7) is 0.863. The van der Waals surface area contributed by atoms with E-state index in [9.17, 15) is 0 Å². The van der Waals surface area contributed by atoms with Crippen LogP contribution in [0.4, 0.5) is 5.82 Å². The van der Waals surface area contributed by atoms with Crippen molar-refractivity contribution < 1.29 is 0 Å². The zero-order valence-electron chi connectivity index (χ0n) is 13.8. The number of nitrogens with zero attached hydrogens (tertiary/aromatic N) is 4. The van der Waals surface area contributed by atoms with Crippen LogP contribution in [0, 0.1) is 0 Å². The quantitative estimate of drug-likeness (QED) is 0.546. The molecular weight excluding hydrogens is 310 g/mol. The number of benzene rings is 2. The maximum Gasteiger partial charge on any atom is 0.254 e. The summed E-state index contributed by atoms with van der Waals surface area (Å²) in [5.41, 5.74) is 3.32. The molecule has 124 valence electrons. The highest BCUT2D eigenvalue weighted by atomic mass is 15.3. The molecule has 25 heavy (non-hydrogen) atoms. The standard InChI is InChI=1S/C20H19N5/c1-3-8-16(9-4-1)10-7-13-21-19-14-18(17-11-5-2-6-12-17)24-20-22-15-23-25(19)20/h1-6,8-9,11-12,14-15,21H,7,10,13H2. The molecule has 4 rings (SSSR count). The van der Waals surface area contributed by atoms with E-state index >= 15 is 0 Å². The van der Waals surface area contributed by atoms with Crippen LogP contribution < -0.4 is 5.32 Å². The first-order valence-electron chi connectivity index (χ1n) is 8.44. The number of anilines is 1. The van der Waals surface area contributed by atoms with Crippen LogP contribution in [-0.2, 0) is 6.42 Å². The zero-order chi connectivity index (χ0) is 16.9. The fraction of sp³-hybridized carbons (Fsp3) is 0.150. The topological polar surface area (TPSA) is 55.1 Å². The minimum absolute atomic E-state index is 0.604. The molecule has 0 saturated carbocycles. The van der Waals surface area contributed by atoms with E-state index in [4.69, 9.17) is 0 Å². The molecule has 2 aromatic heterocycles. The fourth-order valence-electron chi connectivity index (χ4n) is 2.85. The van der Waals surface area contributed by atoms with Crippen LogP contribution in [0.5, 0.6) is 0 Å². The Kier molecular flexibility index (Phi) is 4.37. The number of rotatable bonds is 6. The zero-order valence-corrected chi connectivity index (χ0v) is 13.8. The van der Waals surface area contributed by atoms with Crippen molar-refractivity contribution in [1.29, 1.82) is 0 Å². The highest BCUT2D eigenvalue weighted by Crippen LogP contribution is 2.21. The predicted octanol–water partition coefficient (Wildman–Crippen LogP) is 3.84. The first-order chi connectivity index (χ1) is 12.4. The summed E-state index contributed by atoms with van der Waals surface area (Å²) in [6, 6.07) is 22.7. The molecule has 0 bridgehead atoms. The van der Waals surface area contributed by atoms with Crippen molar-refractivity contribution >= 4 is 11.6 Å². The SMILES string of the molecule is c1ccc(CCCNc2cc(-c3ccccc3)nc3ncnn23)cc1. The number of hydrogen-bond acceptors (Lipinski definition) is 4. The van der Waals surface area contributed by atoms with Crippen molar-refractivity contribution in [3.8, 4) is 11.3 Å². The Labute approximate surface area is 146 Å². The number of aromatic nitrogens is 4. The van der Waals surface area contributed by atoms with E-state index in [-0.39, 0.29) is 0 Å². The average molecular weight is 329 g/mol. The lowest BCUT2D eigenvalue weighted by Gasteiger charge is -2.10. The van der Waals surface area contributed by atoms with E-state index in [0.717, 1.165) is 36.5 Å². The van der Waals surface area contributed by atoms with Gasteiger partial charge in [-0.2, -0.15) is 14.6 Å².